The van der Waals surface area contributed by atoms with Gasteiger partial charge in [0.25, 0.3) is 0 Å². The predicted octanol–water partition coefficient (Wildman–Crippen LogP) is 2.19. The average Bonchev–Trinajstić information content (AvgIpc) is 2.48. The molecule has 0 aliphatic carbocycles. The van der Waals surface area contributed by atoms with E-state index in [0.29, 0.717) is 24.3 Å². The molecule has 112 valence electrons. The first-order valence-electron chi connectivity index (χ1n) is 7.11. The molecule has 0 spiro atoms. The third kappa shape index (κ3) is 4.94. The predicted molar refractivity (Wildman–Crippen MR) is 79.4 cm³/mol. The SMILES string of the molecule is OCCOC1CCN(CCOc2ccccc2Cl)CC1. The van der Waals surface area contributed by atoms with Gasteiger partial charge in [0.05, 0.1) is 24.3 Å². The van der Waals surface area contributed by atoms with Crippen LogP contribution in [-0.4, -0.2) is 55.6 Å². The molecular weight excluding hydrogens is 278 g/mol. The fraction of sp³-hybridized carbons (Fsp3) is 0.600. The molecule has 1 aliphatic rings. The molecular formula is C15H22ClNO3. The minimum Gasteiger partial charge on any atom is -0.491 e. The number of hydrogen-bond donors (Lipinski definition) is 1. The highest BCUT2D eigenvalue weighted by atomic mass is 35.5. The summed E-state index contributed by atoms with van der Waals surface area (Å²) in [6, 6.07) is 7.54. The first kappa shape index (κ1) is 15.6. The Morgan fingerprint density at radius 1 is 1.20 bits per heavy atom. The van der Waals surface area contributed by atoms with Gasteiger partial charge in [0.2, 0.25) is 0 Å². The van der Waals surface area contributed by atoms with Crippen molar-refractivity contribution in [1.82, 2.24) is 4.90 Å². The zero-order valence-electron chi connectivity index (χ0n) is 11.6. The Morgan fingerprint density at radius 2 is 1.95 bits per heavy atom. The van der Waals surface area contributed by atoms with Crippen molar-refractivity contribution in [3.05, 3.63) is 29.3 Å². The molecule has 1 N–H and O–H groups in total. The van der Waals surface area contributed by atoms with Crippen LogP contribution in [-0.2, 0) is 4.74 Å². The van der Waals surface area contributed by atoms with Crippen molar-refractivity contribution >= 4 is 11.6 Å². The molecule has 5 heteroatoms. The van der Waals surface area contributed by atoms with Gasteiger partial charge in [-0.15, -0.1) is 0 Å². The maximum atomic E-state index is 8.73. The molecule has 20 heavy (non-hydrogen) atoms. The molecule has 0 radical (unpaired) electrons. The van der Waals surface area contributed by atoms with Crippen LogP contribution in [0.1, 0.15) is 12.8 Å². The van der Waals surface area contributed by atoms with Gasteiger partial charge in [-0.2, -0.15) is 0 Å². The van der Waals surface area contributed by atoms with Crippen LogP contribution in [0.5, 0.6) is 5.75 Å². The van der Waals surface area contributed by atoms with E-state index in [-0.39, 0.29) is 6.61 Å². The van der Waals surface area contributed by atoms with Gasteiger partial charge in [0.1, 0.15) is 12.4 Å². The molecule has 1 fully saturated rings. The molecule has 0 unspecified atom stereocenters. The molecule has 1 heterocycles. The van der Waals surface area contributed by atoms with Crippen LogP contribution in [0.3, 0.4) is 0 Å². The lowest BCUT2D eigenvalue weighted by Crippen LogP contribution is -2.39. The summed E-state index contributed by atoms with van der Waals surface area (Å²) in [4.78, 5) is 2.37. The molecule has 1 aliphatic heterocycles. The van der Waals surface area contributed by atoms with Crippen molar-refractivity contribution < 1.29 is 14.6 Å². The maximum Gasteiger partial charge on any atom is 0.137 e. The highest BCUT2D eigenvalue weighted by Gasteiger charge is 2.19. The molecule has 0 atom stereocenters. The van der Waals surface area contributed by atoms with Gasteiger partial charge >= 0.3 is 0 Å². The number of aliphatic hydroxyl groups excluding tert-OH is 1. The monoisotopic (exact) mass is 299 g/mol. The minimum atomic E-state index is 0.103. The topological polar surface area (TPSA) is 41.9 Å². The summed E-state index contributed by atoms with van der Waals surface area (Å²) in [7, 11) is 0. The van der Waals surface area contributed by atoms with E-state index in [1.54, 1.807) is 0 Å². The molecule has 0 amide bonds. The van der Waals surface area contributed by atoms with Crippen molar-refractivity contribution in [2.75, 3.05) is 39.5 Å². The summed E-state index contributed by atoms with van der Waals surface area (Å²) < 4.78 is 11.2. The molecule has 1 saturated heterocycles. The highest BCUT2D eigenvalue weighted by molar-refractivity contribution is 6.32. The summed E-state index contributed by atoms with van der Waals surface area (Å²) in [6.45, 7) is 4.12. The Kier molecular flexibility index (Phi) is 6.60. The lowest BCUT2D eigenvalue weighted by atomic mass is 10.1. The van der Waals surface area contributed by atoms with Gasteiger partial charge in [-0.1, -0.05) is 23.7 Å². The van der Waals surface area contributed by atoms with Crippen molar-refractivity contribution in [3.8, 4) is 5.75 Å². The van der Waals surface area contributed by atoms with E-state index in [4.69, 9.17) is 26.2 Å². The van der Waals surface area contributed by atoms with Crippen LogP contribution >= 0.6 is 11.6 Å². The van der Waals surface area contributed by atoms with Crippen molar-refractivity contribution in [2.45, 2.75) is 18.9 Å². The fourth-order valence-corrected chi connectivity index (χ4v) is 2.56. The smallest absolute Gasteiger partial charge is 0.137 e. The number of halogens is 1. The Morgan fingerprint density at radius 3 is 2.65 bits per heavy atom. The largest absolute Gasteiger partial charge is 0.491 e. The average molecular weight is 300 g/mol. The van der Waals surface area contributed by atoms with Gasteiger partial charge in [0.15, 0.2) is 0 Å². The number of rotatable bonds is 7. The van der Waals surface area contributed by atoms with E-state index >= 15 is 0 Å². The Balaban J connectivity index is 1.63. The summed E-state index contributed by atoms with van der Waals surface area (Å²) in [5.41, 5.74) is 0. The van der Waals surface area contributed by atoms with Gasteiger partial charge in [-0.3, -0.25) is 4.90 Å². The molecule has 1 aromatic carbocycles. The summed E-state index contributed by atoms with van der Waals surface area (Å²) in [5, 5.41) is 9.39. The zero-order chi connectivity index (χ0) is 14.2. The molecule has 0 saturated carbocycles. The number of nitrogens with zero attached hydrogens (tertiary/aromatic N) is 1. The number of ether oxygens (including phenoxy) is 2. The third-order valence-corrected chi connectivity index (χ3v) is 3.79. The lowest BCUT2D eigenvalue weighted by molar-refractivity contribution is -0.00923. The maximum absolute atomic E-state index is 8.73. The van der Waals surface area contributed by atoms with E-state index in [2.05, 4.69) is 4.90 Å². The van der Waals surface area contributed by atoms with E-state index in [1.165, 1.54) is 0 Å². The summed E-state index contributed by atoms with van der Waals surface area (Å²) in [6.07, 6.45) is 2.33. The minimum absolute atomic E-state index is 0.103. The fourth-order valence-electron chi connectivity index (χ4n) is 2.37. The van der Waals surface area contributed by atoms with Gasteiger partial charge in [0, 0.05) is 19.6 Å². The van der Waals surface area contributed by atoms with Gasteiger partial charge < -0.3 is 14.6 Å². The highest BCUT2D eigenvalue weighted by Crippen LogP contribution is 2.23. The van der Waals surface area contributed by atoms with Crippen molar-refractivity contribution in [1.29, 1.82) is 0 Å². The standard InChI is InChI=1S/C15H22ClNO3/c16-14-3-1-2-4-15(14)20-11-9-17-7-5-13(6-8-17)19-12-10-18/h1-4,13,18H,5-12H2. The normalized spacial score (nSPS) is 17.3. The second kappa shape index (κ2) is 8.47. The summed E-state index contributed by atoms with van der Waals surface area (Å²) >= 11 is 6.04. The van der Waals surface area contributed by atoms with Gasteiger partial charge in [-0.05, 0) is 25.0 Å². The molecule has 2 rings (SSSR count). The number of likely N-dealkylation sites (tertiary alicyclic amines) is 1. The van der Waals surface area contributed by atoms with Crippen molar-refractivity contribution in [2.24, 2.45) is 0 Å². The molecule has 1 aromatic rings. The quantitative estimate of drug-likeness (QED) is 0.838. The Hall–Kier alpha value is -0.810. The van der Waals surface area contributed by atoms with Gasteiger partial charge in [-0.25, -0.2) is 0 Å². The molecule has 0 aromatic heterocycles. The number of aliphatic hydroxyl groups is 1. The van der Waals surface area contributed by atoms with E-state index in [1.807, 2.05) is 24.3 Å². The summed E-state index contributed by atoms with van der Waals surface area (Å²) in [5.74, 6) is 0.746. The zero-order valence-corrected chi connectivity index (χ0v) is 12.4. The van der Waals surface area contributed by atoms with Crippen LogP contribution in [0.15, 0.2) is 24.3 Å². The molecule has 4 nitrogen and oxygen atoms in total. The third-order valence-electron chi connectivity index (χ3n) is 3.48. The van der Waals surface area contributed by atoms with E-state index < -0.39 is 0 Å². The molecule has 0 bridgehead atoms. The Labute approximate surface area is 125 Å². The first-order chi connectivity index (χ1) is 9.79. The van der Waals surface area contributed by atoms with Crippen LogP contribution in [0, 0.1) is 0 Å². The Bertz CT molecular complexity index is 394. The van der Waals surface area contributed by atoms with Crippen LogP contribution < -0.4 is 4.74 Å². The van der Waals surface area contributed by atoms with Crippen LogP contribution in [0.4, 0.5) is 0 Å². The second-order valence-electron chi connectivity index (χ2n) is 4.91. The van der Waals surface area contributed by atoms with E-state index in [0.717, 1.165) is 38.2 Å². The number of para-hydroxylation sites is 1. The lowest BCUT2D eigenvalue weighted by Gasteiger charge is -2.31. The number of benzene rings is 1. The van der Waals surface area contributed by atoms with Crippen LogP contribution in [0.25, 0.3) is 0 Å². The first-order valence-corrected chi connectivity index (χ1v) is 7.49. The van der Waals surface area contributed by atoms with E-state index in [9.17, 15) is 0 Å². The number of piperidine rings is 1. The van der Waals surface area contributed by atoms with Crippen LogP contribution in [0.2, 0.25) is 5.02 Å². The van der Waals surface area contributed by atoms with Crippen molar-refractivity contribution in [3.63, 3.8) is 0 Å². The second-order valence-corrected chi connectivity index (χ2v) is 5.32. The number of hydrogen-bond acceptors (Lipinski definition) is 4.